The largest absolute Gasteiger partial charge is 0.403 e. The minimum Gasteiger partial charge on any atom is -0.403 e. The molecule has 0 aliphatic heterocycles. The van der Waals surface area contributed by atoms with Crippen LogP contribution in [0.1, 0.15) is 39.2 Å². The molecule has 0 atom stereocenters. The molecular formula is C13H21FN2. The van der Waals surface area contributed by atoms with Crippen LogP contribution in [-0.2, 0) is 0 Å². The molecule has 0 amide bonds. The van der Waals surface area contributed by atoms with Crippen LogP contribution in [0.3, 0.4) is 0 Å². The van der Waals surface area contributed by atoms with E-state index in [0.29, 0.717) is 5.92 Å². The molecule has 0 aliphatic carbocycles. The summed E-state index contributed by atoms with van der Waals surface area (Å²) in [6.45, 7) is 8.12. The molecule has 0 heterocycles. The fourth-order valence-electron chi connectivity index (χ4n) is 1.29. The molecule has 0 aromatic heterocycles. The Morgan fingerprint density at radius 3 is 2.44 bits per heavy atom. The van der Waals surface area contributed by atoms with Gasteiger partial charge in [-0.3, -0.25) is 0 Å². The summed E-state index contributed by atoms with van der Waals surface area (Å²) in [7, 11) is 0. The minimum absolute atomic E-state index is 0.248. The average Bonchev–Trinajstić information content (AvgIpc) is 2.28. The molecule has 3 heteroatoms. The van der Waals surface area contributed by atoms with Crippen molar-refractivity contribution in [2.75, 3.05) is 5.32 Å². The first-order valence-electron chi connectivity index (χ1n) is 5.58. The first kappa shape index (κ1) is 14.5. The number of halogens is 1. The van der Waals surface area contributed by atoms with Gasteiger partial charge < -0.3 is 11.1 Å². The first-order valence-corrected chi connectivity index (χ1v) is 5.58. The first-order chi connectivity index (χ1) is 7.65. The van der Waals surface area contributed by atoms with Crippen molar-refractivity contribution in [3.8, 4) is 0 Å². The third kappa shape index (κ3) is 4.34. The van der Waals surface area contributed by atoms with Gasteiger partial charge in [-0.15, -0.1) is 0 Å². The van der Waals surface area contributed by atoms with Crippen molar-refractivity contribution < 1.29 is 4.39 Å². The number of hydrogen-bond donors (Lipinski definition) is 2. The minimum atomic E-state index is -0.248. The predicted octanol–water partition coefficient (Wildman–Crippen LogP) is 3.82. The molecule has 0 unspecified atom stereocenters. The summed E-state index contributed by atoms with van der Waals surface area (Å²) >= 11 is 0. The summed E-state index contributed by atoms with van der Waals surface area (Å²) in [4.78, 5) is 0. The van der Waals surface area contributed by atoms with Gasteiger partial charge in [-0.25, -0.2) is 4.39 Å². The second kappa shape index (κ2) is 7.74. The summed E-state index contributed by atoms with van der Waals surface area (Å²) in [6, 6.07) is 4.72. The molecule has 90 valence electrons. The highest BCUT2D eigenvalue weighted by atomic mass is 19.1. The molecule has 3 N–H and O–H groups in total. The lowest BCUT2D eigenvalue weighted by Gasteiger charge is -2.12. The van der Waals surface area contributed by atoms with Gasteiger partial charge >= 0.3 is 0 Å². The van der Waals surface area contributed by atoms with E-state index in [4.69, 9.17) is 5.73 Å². The van der Waals surface area contributed by atoms with Gasteiger partial charge in [0.05, 0.1) is 0 Å². The molecule has 0 fully saturated rings. The van der Waals surface area contributed by atoms with E-state index in [2.05, 4.69) is 19.2 Å². The molecule has 0 spiro atoms. The Hall–Kier alpha value is -1.51. The molecule has 1 rings (SSSR count). The molecule has 16 heavy (non-hydrogen) atoms. The van der Waals surface area contributed by atoms with Gasteiger partial charge in [-0.05, 0) is 23.6 Å². The Bertz CT molecular complexity index is 333. The summed E-state index contributed by atoms with van der Waals surface area (Å²) in [6.07, 6.45) is 2.97. The van der Waals surface area contributed by atoms with E-state index in [1.165, 1.54) is 18.3 Å². The Balaban J connectivity index is 0.00000106. The molecule has 0 bridgehead atoms. The predicted molar refractivity (Wildman–Crippen MR) is 68.8 cm³/mol. The van der Waals surface area contributed by atoms with E-state index in [-0.39, 0.29) is 5.82 Å². The number of anilines is 1. The maximum Gasteiger partial charge on any atom is 0.125 e. The van der Waals surface area contributed by atoms with Gasteiger partial charge in [0.2, 0.25) is 0 Å². The lowest BCUT2D eigenvalue weighted by molar-refractivity contribution is 0.627. The third-order valence-electron chi connectivity index (χ3n) is 1.97. The summed E-state index contributed by atoms with van der Waals surface area (Å²) < 4.78 is 12.9. The highest BCUT2D eigenvalue weighted by Gasteiger charge is 2.06. The second-order valence-corrected chi connectivity index (χ2v) is 3.39. The molecule has 0 saturated carbocycles. The van der Waals surface area contributed by atoms with Gasteiger partial charge in [0.15, 0.2) is 0 Å². The molecule has 1 aromatic carbocycles. The molecule has 0 radical (unpaired) electrons. The van der Waals surface area contributed by atoms with E-state index in [9.17, 15) is 4.39 Å². The van der Waals surface area contributed by atoms with E-state index in [1.807, 2.05) is 13.8 Å². The van der Waals surface area contributed by atoms with Crippen LogP contribution < -0.4 is 11.1 Å². The van der Waals surface area contributed by atoms with E-state index in [0.717, 1.165) is 11.3 Å². The second-order valence-electron chi connectivity index (χ2n) is 3.39. The van der Waals surface area contributed by atoms with Gasteiger partial charge in [-0.2, -0.15) is 0 Å². The number of nitrogens with two attached hydrogens (primary N) is 1. The fourth-order valence-corrected chi connectivity index (χ4v) is 1.29. The van der Waals surface area contributed by atoms with Crippen LogP contribution in [0.5, 0.6) is 0 Å². The number of rotatable bonds is 3. The smallest absolute Gasteiger partial charge is 0.125 e. The Morgan fingerprint density at radius 2 is 1.94 bits per heavy atom. The van der Waals surface area contributed by atoms with Gasteiger partial charge in [0.25, 0.3) is 0 Å². The molecule has 0 saturated heterocycles. The van der Waals surface area contributed by atoms with Gasteiger partial charge in [0.1, 0.15) is 5.82 Å². The lowest BCUT2D eigenvalue weighted by Crippen LogP contribution is -1.98. The third-order valence-corrected chi connectivity index (χ3v) is 1.97. The van der Waals surface area contributed by atoms with Crippen molar-refractivity contribution in [2.24, 2.45) is 5.73 Å². The van der Waals surface area contributed by atoms with Crippen molar-refractivity contribution in [3.63, 3.8) is 0 Å². The van der Waals surface area contributed by atoms with Crippen molar-refractivity contribution in [3.05, 3.63) is 42.0 Å². The quantitative estimate of drug-likeness (QED) is 0.819. The summed E-state index contributed by atoms with van der Waals surface area (Å²) in [5.41, 5.74) is 7.04. The highest BCUT2D eigenvalue weighted by molar-refractivity contribution is 5.54. The number of hydrogen-bond acceptors (Lipinski definition) is 2. The van der Waals surface area contributed by atoms with Crippen molar-refractivity contribution in [2.45, 2.75) is 33.6 Å². The van der Waals surface area contributed by atoms with Crippen LogP contribution in [0, 0.1) is 5.82 Å². The van der Waals surface area contributed by atoms with Crippen molar-refractivity contribution in [1.29, 1.82) is 0 Å². The van der Waals surface area contributed by atoms with E-state index in [1.54, 1.807) is 12.3 Å². The number of nitrogens with one attached hydrogen (secondary N) is 1. The summed E-state index contributed by atoms with van der Waals surface area (Å²) in [5.74, 6) is 0.103. The Labute approximate surface area is 97.4 Å². The Kier molecular flexibility index (Phi) is 7.01. The van der Waals surface area contributed by atoms with E-state index >= 15 is 0 Å². The zero-order chi connectivity index (χ0) is 12.6. The van der Waals surface area contributed by atoms with Crippen LogP contribution in [0.25, 0.3) is 0 Å². The highest BCUT2D eigenvalue weighted by Crippen LogP contribution is 2.24. The molecule has 0 aliphatic rings. The number of benzene rings is 1. The fraction of sp³-hybridized carbons (Fsp3) is 0.385. The van der Waals surface area contributed by atoms with Crippen LogP contribution in [-0.4, -0.2) is 0 Å². The van der Waals surface area contributed by atoms with Crippen LogP contribution in [0.2, 0.25) is 0 Å². The lowest BCUT2D eigenvalue weighted by atomic mass is 10.0. The van der Waals surface area contributed by atoms with Crippen molar-refractivity contribution >= 4 is 5.69 Å². The van der Waals surface area contributed by atoms with Crippen LogP contribution in [0.15, 0.2) is 30.6 Å². The zero-order valence-corrected chi connectivity index (χ0v) is 10.4. The van der Waals surface area contributed by atoms with Crippen molar-refractivity contribution in [1.82, 2.24) is 0 Å². The van der Waals surface area contributed by atoms with Gasteiger partial charge in [0, 0.05) is 18.1 Å². The molecular weight excluding hydrogens is 203 g/mol. The van der Waals surface area contributed by atoms with Crippen LogP contribution >= 0.6 is 0 Å². The summed E-state index contributed by atoms with van der Waals surface area (Å²) in [5, 5.41) is 2.94. The topological polar surface area (TPSA) is 38.0 Å². The molecule has 2 nitrogen and oxygen atoms in total. The average molecular weight is 224 g/mol. The SMILES string of the molecule is CC.CC(C)c1ccc(F)cc1N/C=C\N. The zero-order valence-electron chi connectivity index (χ0n) is 10.4. The normalized spacial score (nSPS) is 10.1. The maximum absolute atomic E-state index is 12.9. The van der Waals surface area contributed by atoms with E-state index < -0.39 is 0 Å². The standard InChI is InChI=1S/C11H15FN2.C2H6/c1-8(2)10-4-3-9(12)7-11(10)14-6-5-13;1-2/h3-8,14H,13H2,1-2H3;1-2H3/b6-5-;. The maximum atomic E-state index is 12.9. The monoisotopic (exact) mass is 224 g/mol. The van der Waals surface area contributed by atoms with Gasteiger partial charge in [-0.1, -0.05) is 33.8 Å². The Morgan fingerprint density at radius 1 is 1.31 bits per heavy atom. The van der Waals surface area contributed by atoms with Crippen LogP contribution in [0.4, 0.5) is 10.1 Å². The molecule has 1 aromatic rings.